The van der Waals surface area contributed by atoms with E-state index < -0.39 is 6.36 Å². The Morgan fingerprint density at radius 1 is 1.33 bits per heavy atom. The first-order valence-electron chi connectivity index (χ1n) is 6.02. The Hall–Kier alpha value is -1.23. The molecule has 1 aromatic rings. The van der Waals surface area contributed by atoms with Gasteiger partial charge in [-0.3, -0.25) is 0 Å². The molecule has 2 rings (SSSR count). The maximum Gasteiger partial charge on any atom is 0.573 e. The van der Waals surface area contributed by atoms with Gasteiger partial charge in [0.2, 0.25) is 0 Å². The van der Waals surface area contributed by atoms with Gasteiger partial charge in [0.05, 0.1) is 0 Å². The van der Waals surface area contributed by atoms with E-state index in [4.69, 9.17) is 0 Å². The van der Waals surface area contributed by atoms with Crippen LogP contribution in [0.3, 0.4) is 0 Å². The highest BCUT2D eigenvalue weighted by atomic mass is 19.4. The number of alkyl halides is 3. The zero-order chi connectivity index (χ0) is 13.2. The van der Waals surface area contributed by atoms with Crippen molar-refractivity contribution in [3.63, 3.8) is 0 Å². The molecular weight excluding hydrogens is 243 g/mol. The molecule has 1 unspecified atom stereocenters. The van der Waals surface area contributed by atoms with Crippen LogP contribution in [0.1, 0.15) is 30.9 Å². The lowest BCUT2D eigenvalue weighted by molar-refractivity contribution is -0.274. The minimum atomic E-state index is -4.63. The first-order chi connectivity index (χ1) is 8.49. The van der Waals surface area contributed by atoms with E-state index in [1.165, 1.54) is 18.6 Å². The van der Waals surface area contributed by atoms with Gasteiger partial charge in [0.25, 0.3) is 0 Å². The van der Waals surface area contributed by atoms with Crippen LogP contribution in [0.2, 0.25) is 0 Å². The van der Waals surface area contributed by atoms with Gasteiger partial charge in [-0.1, -0.05) is 18.6 Å². The van der Waals surface area contributed by atoms with Crippen molar-refractivity contribution in [1.29, 1.82) is 0 Å². The fourth-order valence-electron chi connectivity index (χ4n) is 2.35. The van der Waals surface area contributed by atoms with Crippen LogP contribution < -0.4 is 10.1 Å². The molecule has 18 heavy (non-hydrogen) atoms. The van der Waals surface area contributed by atoms with Gasteiger partial charge in [0, 0.05) is 6.04 Å². The summed E-state index contributed by atoms with van der Waals surface area (Å²) in [4.78, 5) is 0. The van der Waals surface area contributed by atoms with Gasteiger partial charge in [-0.25, -0.2) is 0 Å². The highest BCUT2D eigenvalue weighted by Gasteiger charge is 2.32. The van der Waals surface area contributed by atoms with Gasteiger partial charge < -0.3 is 10.1 Å². The fourth-order valence-corrected chi connectivity index (χ4v) is 2.35. The summed E-state index contributed by atoms with van der Waals surface area (Å²) in [7, 11) is 1.83. The highest BCUT2D eigenvalue weighted by Crippen LogP contribution is 2.38. The van der Waals surface area contributed by atoms with Crippen molar-refractivity contribution in [3.8, 4) is 5.75 Å². The number of ether oxygens (including phenoxy) is 1. The van der Waals surface area contributed by atoms with Crippen molar-refractivity contribution < 1.29 is 17.9 Å². The molecule has 0 amide bonds. The largest absolute Gasteiger partial charge is 0.573 e. The molecule has 1 saturated carbocycles. The molecule has 0 radical (unpaired) electrons. The van der Waals surface area contributed by atoms with Crippen molar-refractivity contribution in [2.75, 3.05) is 7.05 Å². The minimum Gasteiger partial charge on any atom is -0.406 e. The molecule has 2 nitrogen and oxygen atoms in total. The molecule has 0 heterocycles. The van der Waals surface area contributed by atoms with E-state index in [-0.39, 0.29) is 11.8 Å². The molecule has 0 aliphatic heterocycles. The zero-order valence-electron chi connectivity index (χ0n) is 10.1. The lowest BCUT2D eigenvalue weighted by atomic mass is 9.77. The third kappa shape index (κ3) is 3.16. The van der Waals surface area contributed by atoms with E-state index >= 15 is 0 Å². The first-order valence-corrected chi connectivity index (χ1v) is 6.02. The third-order valence-corrected chi connectivity index (χ3v) is 3.38. The Morgan fingerprint density at radius 3 is 2.56 bits per heavy atom. The van der Waals surface area contributed by atoms with Crippen LogP contribution in [-0.4, -0.2) is 13.4 Å². The number of halogens is 3. The molecule has 100 valence electrons. The molecule has 0 spiro atoms. The second kappa shape index (κ2) is 5.18. The van der Waals surface area contributed by atoms with Crippen LogP contribution in [0, 0.1) is 5.92 Å². The maximum absolute atomic E-state index is 12.2. The van der Waals surface area contributed by atoms with E-state index in [0.29, 0.717) is 5.92 Å². The van der Waals surface area contributed by atoms with Crippen LogP contribution >= 0.6 is 0 Å². The molecule has 0 bridgehead atoms. The summed E-state index contributed by atoms with van der Waals surface area (Å²) in [5, 5.41) is 3.17. The highest BCUT2D eigenvalue weighted by molar-refractivity contribution is 5.31. The maximum atomic E-state index is 12.2. The normalized spacial score (nSPS) is 18.2. The Bertz CT molecular complexity index is 401. The lowest BCUT2D eigenvalue weighted by Gasteiger charge is -2.34. The van der Waals surface area contributed by atoms with Crippen molar-refractivity contribution >= 4 is 0 Å². The molecule has 1 N–H and O–H groups in total. The summed E-state index contributed by atoms with van der Waals surface area (Å²) in [6.07, 6.45) is -1.20. The van der Waals surface area contributed by atoms with Gasteiger partial charge >= 0.3 is 6.36 Å². The topological polar surface area (TPSA) is 21.3 Å². The molecular formula is C13H16F3NO. The average molecular weight is 259 g/mol. The predicted octanol–water partition coefficient (Wildman–Crippen LogP) is 3.65. The van der Waals surface area contributed by atoms with Crippen LogP contribution in [-0.2, 0) is 0 Å². The standard InChI is InChI=1S/C13H16F3NO/c1-17-12(9-4-2-5-9)10-6-3-7-11(8-10)18-13(14,15)16/h3,6-9,12,17H,2,4-5H2,1H3. The van der Waals surface area contributed by atoms with Crippen LogP contribution in [0.5, 0.6) is 5.75 Å². The Kier molecular flexibility index (Phi) is 3.80. The molecule has 1 aromatic carbocycles. The van der Waals surface area contributed by atoms with E-state index in [1.807, 2.05) is 13.1 Å². The van der Waals surface area contributed by atoms with Crippen LogP contribution in [0.25, 0.3) is 0 Å². The number of benzene rings is 1. The van der Waals surface area contributed by atoms with Gasteiger partial charge in [-0.05, 0) is 43.5 Å². The number of hydrogen-bond donors (Lipinski definition) is 1. The molecule has 5 heteroatoms. The Morgan fingerprint density at radius 2 is 2.06 bits per heavy atom. The molecule has 1 aliphatic rings. The van der Waals surface area contributed by atoms with Crippen molar-refractivity contribution in [2.45, 2.75) is 31.7 Å². The molecule has 1 aliphatic carbocycles. The molecule has 1 fully saturated rings. The van der Waals surface area contributed by atoms with Crippen molar-refractivity contribution in [2.24, 2.45) is 5.92 Å². The minimum absolute atomic E-state index is 0.107. The van der Waals surface area contributed by atoms with E-state index in [9.17, 15) is 13.2 Å². The first kappa shape index (κ1) is 13.2. The van der Waals surface area contributed by atoms with E-state index in [2.05, 4.69) is 10.1 Å². The second-order valence-electron chi connectivity index (χ2n) is 4.58. The Balaban J connectivity index is 2.14. The van der Waals surface area contributed by atoms with E-state index in [1.54, 1.807) is 6.07 Å². The van der Waals surface area contributed by atoms with Gasteiger partial charge in [-0.15, -0.1) is 13.2 Å². The van der Waals surface area contributed by atoms with E-state index in [0.717, 1.165) is 18.4 Å². The Labute approximate surface area is 104 Å². The number of nitrogens with one attached hydrogen (secondary N) is 1. The van der Waals surface area contributed by atoms with Gasteiger partial charge in [0.15, 0.2) is 0 Å². The van der Waals surface area contributed by atoms with Gasteiger partial charge in [0.1, 0.15) is 5.75 Å². The van der Waals surface area contributed by atoms with Gasteiger partial charge in [-0.2, -0.15) is 0 Å². The summed E-state index contributed by atoms with van der Waals surface area (Å²) >= 11 is 0. The average Bonchev–Trinajstić information content (AvgIpc) is 2.21. The molecule has 0 aromatic heterocycles. The van der Waals surface area contributed by atoms with Crippen LogP contribution in [0.15, 0.2) is 24.3 Å². The third-order valence-electron chi connectivity index (χ3n) is 3.38. The second-order valence-corrected chi connectivity index (χ2v) is 4.58. The smallest absolute Gasteiger partial charge is 0.406 e. The lowest BCUT2D eigenvalue weighted by Crippen LogP contribution is -2.29. The fraction of sp³-hybridized carbons (Fsp3) is 0.538. The number of rotatable bonds is 4. The summed E-state index contributed by atoms with van der Waals surface area (Å²) in [6, 6.07) is 6.33. The SMILES string of the molecule is CNC(c1cccc(OC(F)(F)F)c1)C1CCC1. The number of hydrogen-bond acceptors (Lipinski definition) is 2. The van der Waals surface area contributed by atoms with Crippen molar-refractivity contribution in [1.82, 2.24) is 5.32 Å². The zero-order valence-corrected chi connectivity index (χ0v) is 10.1. The summed E-state index contributed by atoms with van der Waals surface area (Å²) in [6.45, 7) is 0. The summed E-state index contributed by atoms with van der Waals surface area (Å²) in [5.41, 5.74) is 0.851. The van der Waals surface area contributed by atoms with Crippen LogP contribution in [0.4, 0.5) is 13.2 Å². The van der Waals surface area contributed by atoms with Crippen molar-refractivity contribution in [3.05, 3.63) is 29.8 Å². The monoisotopic (exact) mass is 259 g/mol. The predicted molar refractivity (Wildman–Crippen MR) is 62.3 cm³/mol. The molecule has 1 atom stereocenters. The summed E-state index contributed by atoms with van der Waals surface area (Å²) in [5.74, 6) is 0.357. The summed E-state index contributed by atoms with van der Waals surface area (Å²) < 4.78 is 40.4. The quantitative estimate of drug-likeness (QED) is 0.891. The molecule has 0 saturated heterocycles.